The van der Waals surface area contributed by atoms with Gasteiger partial charge in [0.1, 0.15) is 5.76 Å². The lowest BCUT2D eigenvalue weighted by molar-refractivity contribution is -0.0440. The molecule has 2 atom stereocenters. The van der Waals surface area contributed by atoms with E-state index in [9.17, 15) is 13.2 Å². The number of amides is 1. The van der Waals surface area contributed by atoms with Crippen LogP contribution in [0.15, 0.2) is 79.7 Å². The summed E-state index contributed by atoms with van der Waals surface area (Å²) in [5.74, 6) is 0.00978. The van der Waals surface area contributed by atoms with Gasteiger partial charge < -0.3 is 9.15 Å². The highest BCUT2D eigenvalue weighted by molar-refractivity contribution is 9.10. The van der Waals surface area contributed by atoms with Crippen LogP contribution in [-0.4, -0.2) is 55.1 Å². The normalized spacial score (nSPS) is 19.0. The van der Waals surface area contributed by atoms with Crippen molar-refractivity contribution in [3.05, 3.63) is 76.7 Å². The highest BCUT2D eigenvalue weighted by Crippen LogP contribution is 2.32. The van der Waals surface area contributed by atoms with Crippen molar-refractivity contribution in [3.8, 4) is 0 Å². The van der Waals surface area contributed by atoms with E-state index in [2.05, 4.69) is 26.0 Å². The molecule has 1 aliphatic heterocycles. The number of halogens is 1. The first-order valence-corrected chi connectivity index (χ1v) is 14.5. The maximum atomic E-state index is 13.6. The van der Waals surface area contributed by atoms with Gasteiger partial charge in [-0.1, -0.05) is 27.3 Å². The lowest BCUT2D eigenvalue weighted by Gasteiger charge is -2.34. The van der Waals surface area contributed by atoms with Gasteiger partial charge in [-0.25, -0.2) is 13.4 Å². The largest absolute Gasteiger partial charge is 0.463 e. The number of hydrazone groups is 1. The van der Waals surface area contributed by atoms with E-state index in [1.807, 2.05) is 32.0 Å². The van der Waals surface area contributed by atoms with E-state index in [-0.39, 0.29) is 35.8 Å². The number of carbonyl (C=O) groups is 1. The second-order valence-electron chi connectivity index (χ2n) is 8.59. The van der Waals surface area contributed by atoms with Gasteiger partial charge in [0.15, 0.2) is 0 Å². The second-order valence-corrected chi connectivity index (χ2v) is 12.5. The van der Waals surface area contributed by atoms with Crippen LogP contribution in [-0.2, 0) is 14.8 Å². The number of benzene rings is 2. The molecule has 12 heteroatoms. The summed E-state index contributed by atoms with van der Waals surface area (Å²) in [5.41, 5.74) is 0.990. The van der Waals surface area contributed by atoms with Crippen LogP contribution in [0, 0.1) is 0 Å². The molecule has 4 aromatic rings. The van der Waals surface area contributed by atoms with Gasteiger partial charge in [0.05, 0.1) is 39.8 Å². The number of nitrogens with zero attached hydrogens (tertiary/aromatic N) is 4. The molecule has 1 aliphatic rings. The van der Waals surface area contributed by atoms with E-state index < -0.39 is 15.9 Å². The Morgan fingerprint density at radius 2 is 1.89 bits per heavy atom. The molecule has 0 spiro atoms. The minimum absolute atomic E-state index is 0.112. The van der Waals surface area contributed by atoms with Crippen LogP contribution >= 0.6 is 27.3 Å². The Bertz CT molecular complexity index is 1540. The summed E-state index contributed by atoms with van der Waals surface area (Å²) in [7, 11) is -3.73. The number of aromatic nitrogens is 1. The third kappa shape index (κ3) is 5.53. The van der Waals surface area contributed by atoms with Crippen molar-refractivity contribution < 1.29 is 22.4 Å². The number of carbonyl (C=O) groups excluding carboxylic acids is 1. The fraction of sp³-hybridized carbons (Fsp3) is 0.240. The third-order valence-corrected chi connectivity index (χ3v) is 9.01. The molecular weight excluding hydrogens is 580 g/mol. The zero-order valence-corrected chi connectivity index (χ0v) is 23.2. The number of hydrogen-bond donors (Lipinski definition) is 0. The molecule has 0 saturated carbocycles. The highest BCUT2D eigenvalue weighted by Gasteiger charge is 2.32. The van der Waals surface area contributed by atoms with Crippen LogP contribution < -0.4 is 5.01 Å². The average Bonchev–Trinajstić information content (AvgIpc) is 3.53. The number of furan rings is 1. The van der Waals surface area contributed by atoms with Gasteiger partial charge in [-0.2, -0.15) is 14.4 Å². The summed E-state index contributed by atoms with van der Waals surface area (Å²) in [5, 5.41) is 5.91. The molecule has 5 rings (SSSR count). The van der Waals surface area contributed by atoms with Crippen molar-refractivity contribution in [1.29, 1.82) is 0 Å². The molecule has 0 radical (unpaired) electrons. The van der Waals surface area contributed by atoms with Crippen molar-refractivity contribution in [2.24, 2.45) is 5.10 Å². The van der Waals surface area contributed by atoms with Crippen LogP contribution in [0.1, 0.15) is 30.0 Å². The van der Waals surface area contributed by atoms with Gasteiger partial charge in [0.2, 0.25) is 15.2 Å². The molecule has 2 unspecified atom stereocenters. The number of rotatable bonds is 6. The lowest BCUT2D eigenvalue weighted by Crippen LogP contribution is -2.48. The fourth-order valence-corrected chi connectivity index (χ4v) is 7.08. The molecular formula is C25H23BrN4O5S2. The maximum absolute atomic E-state index is 13.6. The summed E-state index contributed by atoms with van der Waals surface area (Å²) in [6.07, 6.45) is 2.54. The standard InChI is InChI=1S/C25H23BrN4O5S2/c1-16-14-29(15-17(2)35-16)37(32,33)21-8-5-18(6-9-21)24(31)30(27-13-20-4-3-11-34-20)25-28-22-10-7-19(26)12-23(22)36-25/h3-13,16-17H,14-15H2,1-2H3/b27-13+. The predicted molar refractivity (Wildman–Crippen MR) is 146 cm³/mol. The molecule has 2 aromatic heterocycles. The Balaban J connectivity index is 1.45. The minimum atomic E-state index is -3.73. The molecule has 2 aromatic carbocycles. The maximum Gasteiger partial charge on any atom is 0.280 e. The van der Waals surface area contributed by atoms with E-state index >= 15 is 0 Å². The quantitative estimate of drug-likeness (QED) is 0.224. The molecule has 192 valence electrons. The van der Waals surface area contributed by atoms with Crippen molar-refractivity contribution in [2.75, 3.05) is 18.1 Å². The molecule has 9 nitrogen and oxygen atoms in total. The van der Waals surface area contributed by atoms with Crippen LogP contribution in [0.5, 0.6) is 0 Å². The Morgan fingerprint density at radius 1 is 1.16 bits per heavy atom. The molecule has 1 saturated heterocycles. The monoisotopic (exact) mass is 602 g/mol. The van der Waals surface area contributed by atoms with E-state index in [4.69, 9.17) is 9.15 Å². The number of thiazole rings is 1. The van der Waals surface area contributed by atoms with Crippen LogP contribution in [0.2, 0.25) is 0 Å². The minimum Gasteiger partial charge on any atom is -0.463 e. The number of morpholine rings is 1. The van der Waals surface area contributed by atoms with E-state index in [1.165, 1.54) is 57.4 Å². The van der Waals surface area contributed by atoms with Gasteiger partial charge in [-0.15, -0.1) is 0 Å². The van der Waals surface area contributed by atoms with E-state index in [1.54, 1.807) is 12.1 Å². The summed E-state index contributed by atoms with van der Waals surface area (Å²) in [6.45, 7) is 4.24. The van der Waals surface area contributed by atoms with E-state index in [0.717, 1.165) is 14.7 Å². The van der Waals surface area contributed by atoms with Gasteiger partial charge in [0, 0.05) is 23.1 Å². The Labute approximate surface area is 226 Å². The van der Waals surface area contributed by atoms with Crippen LogP contribution in [0.4, 0.5) is 5.13 Å². The van der Waals surface area contributed by atoms with E-state index in [0.29, 0.717) is 10.9 Å². The predicted octanol–water partition coefficient (Wildman–Crippen LogP) is 5.13. The smallest absolute Gasteiger partial charge is 0.280 e. The van der Waals surface area contributed by atoms with Gasteiger partial charge in [-0.3, -0.25) is 4.79 Å². The topological polar surface area (TPSA) is 105 Å². The summed E-state index contributed by atoms with van der Waals surface area (Å²) in [4.78, 5) is 18.2. The number of sulfonamides is 1. The van der Waals surface area contributed by atoms with Crippen LogP contribution in [0.25, 0.3) is 10.2 Å². The molecule has 3 heterocycles. The molecule has 0 N–H and O–H groups in total. The van der Waals surface area contributed by atoms with Crippen molar-refractivity contribution in [1.82, 2.24) is 9.29 Å². The fourth-order valence-electron chi connectivity index (χ4n) is 4.01. The van der Waals surface area contributed by atoms with Crippen molar-refractivity contribution in [3.63, 3.8) is 0 Å². The summed E-state index contributed by atoms with van der Waals surface area (Å²) >= 11 is 4.77. The molecule has 1 fully saturated rings. The van der Waals surface area contributed by atoms with Crippen molar-refractivity contribution >= 4 is 64.8 Å². The number of hydrogen-bond acceptors (Lipinski definition) is 8. The first-order valence-electron chi connectivity index (χ1n) is 11.4. The third-order valence-electron chi connectivity index (χ3n) is 5.68. The number of ether oxygens (including phenoxy) is 1. The molecule has 37 heavy (non-hydrogen) atoms. The number of anilines is 1. The van der Waals surface area contributed by atoms with Gasteiger partial charge in [0.25, 0.3) is 5.91 Å². The molecule has 0 bridgehead atoms. The Kier molecular flexibility index (Phi) is 7.28. The first-order chi connectivity index (χ1) is 17.7. The Hall–Kier alpha value is -2.90. The number of fused-ring (bicyclic) bond motifs is 1. The first kappa shape index (κ1) is 25.7. The zero-order valence-electron chi connectivity index (χ0n) is 19.9. The van der Waals surface area contributed by atoms with Crippen LogP contribution in [0.3, 0.4) is 0 Å². The average molecular weight is 604 g/mol. The molecule has 1 amide bonds. The van der Waals surface area contributed by atoms with Gasteiger partial charge in [-0.05, 0) is 68.4 Å². The Morgan fingerprint density at radius 3 is 2.57 bits per heavy atom. The lowest BCUT2D eigenvalue weighted by atomic mass is 10.2. The second kappa shape index (κ2) is 10.5. The van der Waals surface area contributed by atoms with Crippen molar-refractivity contribution in [2.45, 2.75) is 31.0 Å². The SMILES string of the molecule is CC1CN(S(=O)(=O)c2ccc(C(=O)N(/N=C/c3ccco3)c3nc4ccc(Br)cc4s3)cc2)CC(C)O1. The molecule has 0 aliphatic carbocycles. The zero-order chi connectivity index (χ0) is 26.2. The highest BCUT2D eigenvalue weighted by atomic mass is 79.9. The summed E-state index contributed by atoms with van der Waals surface area (Å²) in [6, 6.07) is 14.9. The van der Waals surface area contributed by atoms with Gasteiger partial charge >= 0.3 is 0 Å². The summed E-state index contributed by atoms with van der Waals surface area (Å²) < 4.78 is 40.6.